The van der Waals surface area contributed by atoms with Gasteiger partial charge in [-0.15, -0.1) is 0 Å². The molecule has 0 bridgehead atoms. The number of aromatic nitrogens is 2. The molecule has 7 heteroatoms. The van der Waals surface area contributed by atoms with E-state index in [2.05, 4.69) is 76.9 Å². The van der Waals surface area contributed by atoms with E-state index >= 15 is 0 Å². The van der Waals surface area contributed by atoms with E-state index in [1.807, 2.05) is 36.5 Å². The molecule has 0 radical (unpaired) electrons. The third-order valence-corrected chi connectivity index (χ3v) is 7.10. The highest BCUT2D eigenvalue weighted by atomic mass is 32.1. The van der Waals surface area contributed by atoms with Crippen molar-refractivity contribution in [3.63, 3.8) is 0 Å². The van der Waals surface area contributed by atoms with Crippen molar-refractivity contribution in [2.75, 3.05) is 11.7 Å². The van der Waals surface area contributed by atoms with Crippen molar-refractivity contribution < 1.29 is 9.47 Å². The van der Waals surface area contributed by atoms with Crippen LogP contribution in [0.25, 0.3) is 5.69 Å². The Morgan fingerprint density at radius 1 is 0.914 bits per heavy atom. The number of rotatable bonds is 4. The summed E-state index contributed by atoms with van der Waals surface area (Å²) in [6.45, 7) is 6.69. The molecule has 0 unspecified atom stereocenters. The van der Waals surface area contributed by atoms with E-state index in [0.29, 0.717) is 5.11 Å². The fourth-order valence-corrected chi connectivity index (χ4v) is 5.58. The maximum Gasteiger partial charge on any atom is 0.231 e. The Kier molecular flexibility index (Phi) is 5.22. The Hall–Kier alpha value is -3.84. The summed E-state index contributed by atoms with van der Waals surface area (Å²) in [5.74, 6) is 1.48. The lowest BCUT2D eigenvalue weighted by molar-refractivity contribution is 0.174. The van der Waals surface area contributed by atoms with Gasteiger partial charge in [-0.05, 0) is 86.6 Å². The highest BCUT2D eigenvalue weighted by Gasteiger charge is 2.42. The largest absolute Gasteiger partial charge is 0.454 e. The molecule has 0 saturated carbocycles. The molecule has 1 fully saturated rings. The zero-order valence-corrected chi connectivity index (χ0v) is 20.7. The number of pyridine rings is 1. The molecule has 1 N–H and O–H groups in total. The van der Waals surface area contributed by atoms with Crippen LogP contribution in [0, 0.1) is 20.8 Å². The number of nitrogens with one attached hydrogen (secondary N) is 1. The topological polar surface area (TPSA) is 51.6 Å². The van der Waals surface area contributed by atoms with Crippen LogP contribution >= 0.6 is 12.2 Å². The van der Waals surface area contributed by atoms with Gasteiger partial charge in [-0.1, -0.05) is 18.2 Å². The predicted molar refractivity (Wildman–Crippen MR) is 140 cm³/mol. The van der Waals surface area contributed by atoms with Gasteiger partial charge >= 0.3 is 0 Å². The lowest BCUT2D eigenvalue weighted by atomic mass is 9.96. The zero-order valence-electron chi connectivity index (χ0n) is 19.9. The molecule has 2 aliphatic rings. The SMILES string of the molecule is Cc1cccc(-n2c(C)cc([C@@H]3[C@@H](c4ccccn4)NC(=S)N3c3ccc4c(c3)OCO4)c2C)c1. The molecule has 6 rings (SSSR count). The van der Waals surface area contributed by atoms with Gasteiger partial charge in [-0.25, -0.2) is 0 Å². The van der Waals surface area contributed by atoms with Gasteiger partial charge in [0.25, 0.3) is 0 Å². The molecule has 6 nitrogen and oxygen atoms in total. The summed E-state index contributed by atoms with van der Waals surface area (Å²) in [5, 5.41) is 4.21. The van der Waals surface area contributed by atoms with E-state index in [9.17, 15) is 0 Å². The molecule has 2 aromatic carbocycles. The Morgan fingerprint density at radius 2 is 1.77 bits per heavy atom. The van der Waals surface area contributed by atoms with Gasteiger partial charge < -0.3 is 24.3 Å². The summed E-state index contributed by atoms with van der Waals surface area (Å²) in [7, 11) is 0. The minimum Gasteiger partial charge on any atom is -0.454 e. The average molecular weight is 483 g/mol. The Balaban J connectivity index is 1.51. The fourth-order valence-electron chi connectivity index (χ4n) is 5.24. The molecule has 2 aliphatic heterocycles. The second kappa shape index (κ2) is 8.43. The summed E-state index contributed by atoms with van der Waals surface area (Å²) >= 11 is 5.91. The monoisotopic (exact) mass is 482 g/mol. The van der Waals surface area contributed by atoms with Crippen LogP contribution in [0.5, 0.6) is 11.5 Å². The Morgan fingerprint density at radius 3 is 2.57 bits per heavy atom. The van der Waals surface area contributed by atoms with Crippen molar-refractivity contribution in [1.82, 2.24) is 14.9 Å². The maximum absolute atomic E-state index is 5.91. The summed E-state index contributed by atoms with van der Waals surface area (Å²) in [6, 6.07) is 22.6. The number of hydrogen-bond acceptors (Lipinski definition) is 4. The Bertz CT molecular complexity index is 1430. The van der Waals surface area contributed by atoms with Crippen molar-refractivity contribution in [3.8, 4) is 17.2 Å². The van der Waals surface area contributed by atoms with Gasteiger partial charge in [-0.2, -0.15) is 0 Å². The normalized spacial score (nSPS) is 18.7. The zero-order chi connectivity index (χ0) is 24.1. The first-order valence-electron chi connectivity index (χ1n) is 11.7. The molecule has 35 heavy (non-hydrogen) atoms. The fraction of sp³-hybridized carbons (Fsp3) is 0.214. The van der Waals surface area contributed by atoms with Gasteiger partial charge in [0.05, 0.1) is 17.8 Å². The summed E-state index contributed by atoms with van der Waals surface area (Å²) in [4.78, 5) is 6.86. The van der Waals surface area contributed by atoms with Gasteiger partial charge in [0.15, 0.2) is 16.6 Å². The molecule has 0 amide bonds. The van der Waals surface area contributed by atoms with Crippen LogP contribution in [0.4, 0.5) is 5.69 Å². The molecule has 2 aromatic heterocycles. The number of anilines is 1. The van der Waals surface area contributed by atoms with Crippen molar-refractivity contribution in [2.45, 2.75) is 32.9 Å². The van der Waals surface area contributed by atoms with E-state index in [1.165, 1.54) is 22.5 Å². The van der Waals surface area contributed by atoms with Crippen LogP contribution in [0.1, 0.15) is 40.3 Å². The second-order valence-corrected chi connectivity index (χ2v) is 9.42. The van der Waals surface area contributed by atoms with E-state index in [4.69, 9.17) is 21.7 Å². The predicted octanol–water partition coefficient (Wildman–Crippen LogP) is 5.70. The van der Waals surface area contributed by atoms with Crippen molar-refractivity contribution in [3.05, 3.63) is 101 Å². The van der Waals surface area contributed by atoms with Crippen molar-refractivity contribution in [1.29, 1.82) is 0 Å². The first kappa shape index (κ1) is 21.7. The van der Waals surface area contributed by atoms with Crippen LogP contribution < -0.4 is 19.7 Å². The van der Waals surface area contributed by atoms with E-state index in [0.717, 1.165) is 28.6 Å². The minimum absolute atomic E-state index is 0.0949. The van der Waals surface area contributed by atoms with Crippen molar-refractivity contribution in [2.24, 2.45) is 0 Å². The number of nitrogens with zero attached hydrogens (tertiary/aromatic N) is 3. The standard InChI is InChI=1S/C28H26N4O2S/c1-17-7-6-8-20(13-17)31-18(2)14-22(19(31)3)27-26(23-9-4-5-12-29-23)30-28(35)32(27)21-10-11-24-25(15-21)34-16-33-24/h4-15,26-27H,16H2,1-3H3,(H,30,35)/t26-,27-/m1/s1. The van der Waals surface area contributed by atoms with Gasteiger partial charge in [-0.3, -0.25) is 4.98 Å². The lowest BCUT2D eigenvalue weighted by Gasteiger charge is -2.28. The Labute approximate surface area is 210 Å². The van der Waals surface area contributed by atoms with Crippen LogP contribution in [0.3, 0.4) is 0 Å². The highest BCUT2D eigenvalue weighted by Crippen LogP contribution is 2.46. The first-order chi connectivity index (χ1) is 17.0. The maximum atomic E-state index is 5.91. The van der Waals surface area contributed by atoms with Crippen LogP contribution in [0.15, 0.2) is 72.9 Å². The third kappa shape index (κ3) is 3.63. The number of fused-ring (bicyclic) bond motifs is 1. The van der Waals surface area contributed by atoms with Gasteiger partial charge in [0.1, 0.15) is 0 Å². The molecule has 4 aromatic rings. The number of benzene rings is 2. The number of hydrogen-bond donors (Lipinski definition) is 1. The molecule has 2 atom stereocenters. The quantitative estimate of drug-likeness (QED) is 0.377. The van der Waals surface area contributed by atoms with Gasteiger partial charge in [0.2, 0.25) is 6.79 Å². The van der Waals surface area contributed by atoms with Crippen LogP contribution in [-0.2, 0) is 0 Å². The minimum atomic E-state index is -0.111. The highest BCUT2D eigenvalue weighted by molar-refractivity contribution is 7.80. The third-order valence-electron chi connectivity index (χ3n) is 6.78. The summed E-state index contributed by atoms with van der Waals surface area (Å²) in [5.41, 5.74) is 7.84. The molecule has 176 valence electrons. The first-order valence-corrected chi connectivity index (χ1v) is 12.1. The van der Waals surface area contributed by atoms with Crippen molar-refractivity contribution >= 4 is 23.0 Å². The molecular weight excluding hydrogens is 456 g/mol. The number of thiocarbonyl (C=S) groups is 1. The molecule has 1 saturated heterocycles. The molecule has 4 heterocycles. The van der Waals surface area contributed by atoms with E-state index in [1.54, 1.807) is 0 Å². The van der Waals surface area contributed by atoms with E-state index in [-0.39, 0.29) is 18.9 Å². The molecule has 0 aliphatic carbocycles. The molecular formula is C28H26N4O2S. The molecule has 0 spiro atoms. The average Bonchev–Trinajstić information content (AvgIpc) is 3.54. The van der Waals surface area contributed by atoms with E-state index < -0.39 is 0 Å². The number of ether oxygens (including phenoxy) is 2. The van der Waals surface area contributed by atoms with Crippen LogP contribution in [0.2, 0.25) is 0 Å². The summed E-state index contributed by atoms with van der Waals surface area (Å²) < 4.78 is 13.5. The summed E-state index contributed by atoms with van der Waals surface area (Å²) in [6.07, 6.45) is 1.83. The number of aryl methyl sites for hydroxylation is 2. The van der Waals surface area contributed by atoms with Gasteiger partial charge in [0, 0.05) is 35.0 Å². The second-order valence-electron chi connectivity index (χ2n) is 9.04. The lowest BCUT2D eigenvalue weighted by Crippen LogP contribution is -2.29. The smallest absolute Gasteiger partial charge is 0.231 e. The van der Waals surface area contributed by atoms with Crippen LogP contribution in [-0.4, -0.2) is 21.5 Å².